The quantitative estimate of drug-likeness (QED) is 0.567. The van der Waals surface area contributed by atoms with Crippen molar-refractivity contribution >= 4 is 22.7 Å². The van der Waals surface area contributed by atoms with Crippen molar-refractivity contribution in [2.45, 2.75) is 0 Å². The molecule has 6 heteroatoms. The van der Waals surface area contributed by atoms with Gasteiger partial charge in [-0.15, -0.1) is 0 Å². The molecular weight excluding hydrogens is 332 g/mol. The van der Waals surface area contributed by atoms with E-state index < -0.39 is 23.3 Å². The van der Waals surface area contributed by atoms with Crippen molar-refractivity contribution in [2.75, 3.05) is 16.5 Å². The standard InChI is InChI=1S/C19H12F4N2/c20-12-5-13(21)8-16(7-12)24-11-25(19-4-2-1-3-18(19)24)17-9-14(22)6-15(23)10-17/h1-10H,11H2. The van der Waals surface area contributed by atoms with Crippen LogP contribution < -0.4 is 9.80 Å². The van der Waals surface area contributed by atoms with Crippen molar-refractivity contribution in [3.63, 3.8) is 0 Å². The number of hydrogen-bond donors (Lipinski definition) is 0. The van der Waals surface area contributed by atoms with E-state index in [0.717, 1.165) is 12.1 Å². The molecule has 0 radical (unpaired) electrons. The Morgan fingerprint density at radius 1 is 0.560 bits per heavy atom. The molecule has 0 unspecified atom stereocenters. The molecule has 0 aliphatic carbocycles. The van der Waals surface area contributed by atoms with Gasteiger partial charge in [-0.25, -0.2) is 17.6 Å². The molecule has 0 fully saturated rings. The molecule has 0 amide bonds. The lowest BCUT2D eigenvalue weighted by atomic mass is 10.2. The Morgan fingerprint density at radius 3 is 1.28 bits per heavy atom. The number of rotatable bonds is 2. The average Bonchev–Trinajstić information content (AvgIpc) is 2.93. The highest BCUT2D eigenvalue weighted by Gasteiger charge is 2.28. The number of anilines is 4. The van der Waals surface area contributed by atoms with Gasteiger partial charge in [0.25, 0.3) is 0 Å². The number of para-hydroxylation sites is 2. The summed E-state index contributed by atoms with van der Waals surface area (Å²) in [4.78, 5) is 3.37. The number of fused-ring (bicyclic) bond motifs is 1. The number of benzene rings is 3. The third-order valence-electron chi connectivity index (χ3n) is 4.06. The fourth-order valence-electron chi connectivity index (χ4n) is 3.05. The third kappa shape index (κ3) is 2.80. The molecule has 3 aromatic rings. The molecule has 0 atom stereocenters. The highest BCUT2D eigenvalue weighted by molar-refractivity contribution is 5.86. The van der Waals surface area contributed by atoms with Crippen LogP contribution in [-0.4, -0.2) is 6.67 Å². The van der Waals surface area contributed by atoms with E-state index in [2.05, 4.69) is 0 Å². The molecule has 1 heterocycles. The van der Waals surface area contributed by atoms with E-state index in [0.29, 0.717) is 22.7 Å². The van der Waals surface area contributed by atoms with Gasteiger partial charge in [0, 0.05) is 23.5 Å². The number of nitrogens with zero attached hydrogens (tertiary/aromatic N) is 2. The van der Waals surface area contributed by atoms with Crippen LogP contribution in [-0.2, 0) is 0 Å². The zero-order valence-corrected chi connectivity index (χ0v) is 12.9. The van der Waals surface area contributed by atoms with Crippen LogP contribution >= 0.6 is 0 Å². The lowest BCUT2D eigenvalue weighted by molar-refractivity contribution is 0.583. The Bertz CT molecular complexity index is 841. The van der Waals surface area contributed by atoms with Gasteiger partial charge in [0.2, 0.25) is 0 Å². The summed E-state index contributed by atoms with van der Waals surface area (Å²) in [6.07, 6.45) is 0. The van der Waals surface area contributed by atoms with Gasteiger partial charge in [-0.05, 0) is 36.4 Å². The first-order valence-electron chi connectivity index (χ1n) is 7.57. The second kappa shape index (κ2) is 5.81. The van der Waals surface area contributed by atoms with Crippen LogP contribution in [0.15, 0.2) is 60.7 Å². The van der Waals surface area contributed by atoms with Crippen LogP contribution in [0.2, 0.25) is 0 Å². The van der Waals surface area contributed by atoms with E-state index in [-0.39, 0.29) is 6.67 Å². The Labute approximate surface area is 141 Å². The highest BCUT2D eigenvalue weighted by Crippen LogP contribution is 2.44. The minimum Gasteiger partial charge on any atom is -0.321 e. The first-order chi connectivity index (χ1) is 12.0. The van der Waals surface area contributed by atoms with Crippen LogP contribution in [0, 0.1) is 23.3 Å². The summed E-state index contributed by atoms with van der Waals surface area (Å²) in [5.41, 5.74) is 2.03. The fourth-order valence-corrected chi connectivity index (χ4v) is 3.05. The summed E-state index contributed by atoms with van der Waals surface area (Å²) in [7, 11) is 0. The molecule has 0 bridgehead atoms. The third-order valence-corrected chi connectivity index (χ3v) is 4.06. The normalized spacial score (nSPS) is 13.3. The van der Waals surface area contributed by atoms with Gasteiger partial charge < -0.3 is 9.80 Å². The molecule has 0 aromatic heterocycles. The molecule has 1 aliphatic rings. The minimum absolute atomic E-state index is 0.172. The summed E-state index contributed by atoms with van der Waals surface area (Å²) >= 11 is 0. The van der Waals surface area contributed by atoms with E-state index in [1.54, 1.807) is 34.1 Å². The fraction of sp³-hybridized carbons (Fsp3) is 0.0526. The first-order valence-corrected chi connectivity index (χ1v) is 7.57. The molecule has 4 rings (SSSR count). The van der Waals surface area contributed by atoms with E-state index in [1.807, 2.05) is 0 Å². The van der Waals surface area contributed by atoms with Gasteiger partial charge in [0.1, 0.15) is 29.9 Å². The molecule has 25 heavy (non-hydrogen) atoms. The molecule has 1 aliphatic heterocycles. The molecule has 126 valence electrons. The van der Waals surface area contributed by atoms with Crippen LogP contribution in [0.5, 0.6) is 0 Å². The van der Waals surface area contributed by atoms with Crippen molar-refractivity contribution in [1.82, 2.24) is 0 Å². The van der Waals surface area contributed by atoms with Crippen molar-refractivity contribution in [2.24, 2.45) is 0 Å². The lowest BCUT2D eigenvalue weighted by Gasteiger charge is -2.22. The summed E-state index contributed by atoms with van der Waals surface area (Å²) in [6.45, 7) is 0.172. The maximum Gasteiger partial charge on any atom is 0.128 e. The smallest absolute Gasteiger partial charge is 0.128 e. The molecule has 2 nitrogen and oxygen atoms in total. The van der Waals surface area contributed by atoms with Crippen LogP contribution in [0.3, 0.4) is 0 Å². The molecule has 0 saturated carbocycles. The monoisotopic (exact) mass is 344 g/mol. The number of halogens is 4. The SMILES string of the molecule is Fc1cc(F)cc(N2CN(c3cc(F)cc(F)c3)c3ccccc32)c1. The van der Waals surface area contributed by atoms with Gasteiger partial charge in [0.15, 0.2) is 0 Å². The molecule has 0 spiro atoms. The first kappa shape index (κ1) is 15.5. The van der Waals surface area contributed by atoms with Crippen LogP contribution in [0.1, 0.15) is 0 Å². The topological polar surface area (TPSA) is 6.48 Å². The van der Waals surface area contributed by atoms with E-state index in [1.165, 1.54) is 24.3 Å². The zero-order chi connectivity index (χ0) is 17.6. The van der Waals surface area contributed by atoms with E-state index >= 15 is 0 Å². The molecule has 3 aromatic carbocycles. The Hall–Kier alpha value is -3.02. The molecule has 0 N–H and O–H groups in total. The second-order valence-electron chi connectivity index (χ2n) is 5.74. The van der Waals surface area contributed by atoms with Crippen molar-refractivity contribution in [3.05, 3.63) is 83.9 Å². The largest absolute Gasteiger partial charge is 0.321 e. The lowest BCUT2D eigenvalue weighted by Crippen LogP contribution is -2.24. The van der Waals surface area contributed by atoms with E-state index in [9.17, 15) is 17.6 Å². The van der Waals surface area contributed by atoms with Crippen molar-refractivity contribution in [3.8, 4) is 0 Å². The van der Waals surface area contributed by atoms with Gasteiger partial charge in [-0.1, -0.05) is 12.1 Å². The average molecular weight is 344 g/mol. The van der Waals surface area contributed by atoms with Gasteiger partial charge in [-0.3, -0.25) is 0 Å². The maximum absolute atomic E-state index is 13.6. The zero-order valence-electron chi connectivity index (χ0n) is 12.9. The summed E-state index contributed by atoms with van der Waals surface area (Å²) in [5, 5.41) is 0. The van der Waals surface area contributed by atoms with Crippen molar-refractivity contribution in [1.29, 1.82) is 0 Å². The van der Waals surface area contributed by atoms with E-state index in [4.69, 9.17) is 0 Å². The maximum atomic E-state index is 13.6. The Balaban J connectivity index is 1.82. The van der Waals surface area contributed by atoms with Gasteiger partial charge in [0.05, 0.1) is 11.4 Å². The predicted molar refractivity (Wildman–Crippen MR) is 88.3 cm³/mol. The van der Waals surface area contributed by atoms with Crippen LogP contribution in [0.4, 0.5) is 40.3 Å². The Kier molecular flexibility index (Phi) is 3.60. The van der Waals surface area contributed by atoms with Gasteiger partial charge >= 0.3 is 0 Å². The van der Waals surface area contributed by atoms with Crippen LogP contribution in [0.25, 0.3) is 0 Å². The Morgan fingerprint density at radius 2 is 0.920 bits per heavy atom. The predicted octanol–water partition coefficient (Wildman–Crippen LogP) is 5.49. The van der Waals surface area contributed by atoms with Crippen molar-refractivity contribution < 1.29 is 17.6 Å². The summed E-state index contributed by atoms with van der Waals surface area (Å²) < 4.78 is 54.4. The molecular formula is C19H12F4N2. The van der Waals surface area contributed by atoms with Gasteiger partial charge in [-0.2, -0.15) is 0 Å². The summed E-state index contributed by atoms with van der Waals surface area (Å²) in [6, 6.07) is 13.6. The number of hydrogen-bond acceptors (Lipinski definition) is 2. The second-order valence-corrected chi connectivity index (χ2v) is 5.74. The molecule has 0 saturated heterocycles. The summed E-state index contributed by atoms with van der Waals surface area (Å²) in [5.74, 6) is -2.77. The highest BCUT2D eigenvalue weighted by atomic mass is 19.1. The minimum atomic E-state index is -0.692.